The average molecular weight is 386 g/mol. The number of hydrogen-bond acceptors (Lipinski definition) is 7. The highest BCUT2D eigenvalue weighted by Crippen LogP contribution is 2.32. The molecule has 0 aromatic heterocycles. The summed E-state index contributed by atoms with van der Waals surface area (Å²) in [6.45, 7) is 0. The summed E-state index contributed by atoms with van der Waals surface area (Å²) in [6.07, 6.45) is 0. The summed E-state index contributed by atoms with van der Waals surface area (Å²) in [7, 11) is 3.83. The quantitative estimate of drug-likeness (QED) is 0.180. The van der Waals surface area contributed by atoms with Crippen molar-refractivity contribution in [3.63, 3.8) is 0 Å². The molecule has 2 aromatic rings. The maximum atomic E-state index is 13.0. The average Bonchev–Trinajstić information content (AvgIpc) is 2.73. The molecule has 0 amide bonds. The highest BCUT2D eigenvalue weighted by Gasteiger charge is 2.30. The Labute approximate surface area is 161 Å². The molecule has 0 aliphatic carbocycles. The summed E-state index contributed by atoms with van der Waals surface area (Å²) in [6, 6.07) is 15.1. The number of Topliss-reactive ketones (excluding diaryl/α,β-unsaturated/α-hetero) is 1. The van der Waals surface area contributed by atoms with Crippen LogP contribution in [0.1, 0.15) is 10.4 Å². The Morgan fingerprint density at radius 2 is 1.37 bits per heavy atom. The van der Waals surface area contributed by atoms with Crippen LogP contribution in [0.4, 0.5) is 0 Å². The fourth-order valence-corrected chi connectivity index (χ4v) is 3.14. The Balaban J connectivity index is 2.57. The summed E-state index contributed by atoms with van der Waals surface area (Å²) >= 11 is 0.963. The minimum atomic E-state index is -0.917. The van der Waals surface area contributed by atoms with Crippen LogP contribution in [0.3, 0.4) is 0 Å². The van der Waals surface area contributed by atoms with Crippen LogP contribution in [0.5, 0.6) is 5.75 Å². The Kier molecular flexibility index (Phi) is 7.19. The first-order valence-electron chi connectivity index (χ1n) is 7.84. The predicted octanol–water partition coefficient (Wildman–Crippen LogP) is 3.27. The molecular formula is C20H18O6S. The number of carbonyl (C=O) groups is 3. The molecule has 6 nitrogen and oxygen atoms in total. The minimum absolute atomic E-state index is 0.142. The van der Waals surface area contributed by atoms with Gasteiger partial charge in [0.25, 0.3) is 0 Å². The van der Waals surface area contributed by atoms with Gasteiger partial charge in [0, 0.05) is 10.5 Å². The molecule has 140 valence electrons. The molecule has 0 saturated heterocycles. The van der Waals surface area contributed by atoms with Gasteiger partial charge in [0.05, 0.1) is 21.3 Å². The van der Waals surface area contributed by atoms with E-state index in [4.69, 9.17) is 14.2 Å². The molecule has 27 heavy (non-hydrogen) atoms. The predicted molar refractivity (Wildman–Crippen MR) is 101 cm³/mol. The largest absolute Gasteiger partial charge is 0.497 e. The lowest BCUT2D eigenvalue weighted by Crippen LogP contribution is -2.20. The summed E-state index contributed by atoms with van der Waals surface area (Å²) in [5.41, 5.74) is -0.172. The summed E-state index contributed by atoms with van der Waals surface area (Å²) in [4.78, 5) is 38.2. The number of carbonyl (C=O) groups excluding carboxylic acids is 3. The zero-order valence-corrected chi connectivity index (χ0v) is 15.9. The maximum absolute atomic E-state index is 13.0. The number of rotatable bonds is 7. The third-order valence-corrected chi connectivity index (χ3v) is 4.61. The first kappa shape index (κ1) is 20.3. The van der Waals surface area contributed by atoms with E-state index in [1.165, 1.54) is 26.4 Å². The van der Waals surface area contributed by atoms with Crippen molar-refractivity contribution >= 4 is 29.5 Å². The number of thioether (sulfide) groups is 1. The molecule has 0 heterocycles. The van der Waals surface area contributed by atoms with E-state index in [0.717, 1.165) is 18.9 Å². The summed E-state index contributed by atoms with van der Waals surface area (Å²) < 4.78 is 14.6. The number of hydrogen-bond donors (Lipinski definition) is 0. The second-order valence-corrected chi connectivity index (χ2v) is 6.24. The van der Waals surface area contributed by atoms with Gasteiger partial charge in [-0.15, -0.1) is 0 Å². The van der Waals surface area contributed by atoms with Gasteiger partial charge in [-0.25, -0.2) is 9.59 Å². The van der Waals surface area contributed by atoms with Crippen LogP contribution in [0.15, 0.2) is 70.0 Å². The molecule has 0 spiro atoms. The molecule has 0 aliphatic rings. The van der Waals surface area contributed by atoms with E-state index in [9.17, 15) is 14.4 Å². The van der Waals surface area contributed by atoms with Crippen LogP contribution in [0.2, 0.25) is 0 Å². The minimum Gasteiger partial charge on any atom is -0.497 e. The van der Waals surface area contributed by atoms with Gasteiger partial charge in [-0.05, 0) is 36.4 Å². The van der Waals surface area contributed by atoms with Gasteiger partial charge < -0.3 is 14.2 Å². The molecular weight excluding hydrogens is 368 g/mol. The van der Waals surface area contributed by atoms with Crippen molar-refractivity contribution in [2.75, 3.05) is 21.3 Å². The Morgan fingerprint density at radius 1 is 0.778 bits per heavy atom. The molecule has 2 rings (SSSR count). The number of ether oxygens (including phenoxy) is 3. The third kappa shape index (κ3) is 4.98. The van der Waals surface area contributed by atoms with Crippen molar-refractivity contribution in [1.29, 1.82) is 0 Å². The number of esters is 2. The Bertz CT molecular complexity index is 856. The van der Waals surface area contributed by atoms with Crippen molar-refractivity contribution in [2.45, 2.75) is 4.90 Å². The summed E-state index contributed by atoms with van der Waals surface area (Å²) in [5, 5.41) is 0. The van der Waals surface area contributed by atoms with Crippen LogP contribution in [0.25, 0.3) is 0 Å². The van der Waals surface area contributed by atoms with Crippen LogP contribution < -0.4 is 4.74 Å². The number of benzene rings is 2. The first-order valence-corrected chi connectivity index (χ1v) is 8.66. The number of methoxy groups -OCH3 is 3. The standard InChI is InChI=1S/C20H18O6S/c1-24-14-11-9-13(10-12-14)17(21)16(19(22)25-2)18(20(23)26-3)27-15-7-5-4-6-8-15/h4-12H,1-3H3/b18-16+. The first-order chi connectivity index (χ1) is 13.0. The smallest absolute Gasteiger partial charge is 0.345 e. The van der Waals surface area contributed by atoms with Gasteiger partial charge in [0.1, 0.15) is 16.2 Å². The molecule has 0 unspecified atom stereocenters. The Hall–Kier alpha value is -3.06. The van der Waals surface area contributed by atoms with Crippen LogP contribution in [0, 0.1) is 0 Å². The fourth-order valence-electron chi connectivity index (χ4n) is 2.17. The molecule has 2 aromatic carbocycles. The molecule has 0 fully saturated rings. The van der Waals surface area contributed by atoms with E-state index in [0.29, 0.717) is 10.6 Å². The fraction of sp³-hybridized carbons (Fsp3) is 0.150. The highest BCUT2D eigenvalue weighted by atomic mass is 32.2. The lowest BCUT2D eigenvalue weighted by Gasteiger charge is -2.12. The van der Waals surface area contributed by atoms with Gasteiger partial charge in [0.2, 0.25) is 5.78 Å². The second-order valence-electron chi connectivity index (χ2n) is 5.16. The molecule has 0 N–H and O–H groups in total. The van der Waals surface area contributed by atoms with Gasteiger partial charge in [-0.3, -0.25) is 4.79 Å². The zero-order valence-electron chi connectivity index (χ0n) is 15.1. The molecule has 0 atom stereocenters. The van der Waals surface area contributed by atoms with E-state index in [1.807, 2.05) is 6.07 Å². The van der Waals surface area contributed by atoms with E-state index in [2.05, 4.69) is 0 Å². The van der Waals surface area contributed by atoms with Gasteiger partial charge in [0.15, 0.2) is 0 Å². The van der Waals surface area contributed by atoms with Crippen LogP contribution in [-0.4, -0.2) is 39.1 Å². The van der Waals surface area contributed by atoms with Crippen LogP contribution >= 0.6 is 11.8 Å². The lowest BCUT2D eigenvalue weighted by molar-refractivity contribution is -0.138. The van der Waals surface area contributed by atoms with E-state index in [-0.39, 0.29) is 16.0 Å². The molecule has 0 radical (unpaired) electrons. The van der Waals surface area contributed by atoms with E-state index < -0.39 is 17.7 Å². The topological polar surface area (TPSA) is 78.9 Å². The lowest BCUT2D eigenvalue weighted by atomic mass is 10.0. The van der Waals surface area contributed by atoms with Crippen molar-refractivity contribution < 1.29 is 28.6 Å². The second kappa shape index (κ2) is 9.59. The molecule has 7 heteroatoms. The highest BCUT2D eigenvalue weighted by molar-refractivity contribution is 8.04. The van der Waals surface area contributed by atoms with Crippen molar-refractivity contribution in [1.82, 2.24) is 0 Å². The maximum Gasteiger partial charge on any atom is 0.345 e. The van der Waals surface area contributed by atoms with Crippen LogP contribution in [-0.2, 0) is 19.1 Å². The number of ketones is 1. The van der Waals surface area contributed by atoms with Crippen molar-refractivity contribution in [3.05, 3.63) is 70.6 Å². The SMILES string of the molecule is COC(=O)/C(Sc1ccccc1)=C(\C(=O)OC)C(=O)c1ccc(OC)cc1. The molecule has 0 saturated carbocycles. The normalized spacial score (nSPS) is 11.2. The van der Waals surface area contributed by atoms with Crippen molar-refractivity contribution in [3.8, 4) is 5.75 Å². The zero-order chi connectivity index (χ0) is 19.8. The van der Waals surface area contributed by atoms with E-state index >= 15 is 0 Å². The summed E-state index contributed by atoms with van der Waals surface area (Å²) in [5.74, 6) is -1.80. The molecule has 0 bridgehead atoms. The van der Waals surface area contributed by atoms with E-state index in [1.54, 1.807) is 36.4 Å². The van der Waals surface area contributed by atoms with Gasteiger partial charge in [-0.2, -0.15) is 0 Å². The Morgan fingerprint density at radius 3 is 1.89 bits per heavy atom. The third-order valence-electron chi connectivity index (χ3n) is 3.53. The van der Waals surface area contributed by atoms with Gasteiger partial charge >= 0.3 is 11.9 Å². The van der Waals surface area contributed by atoms with Crippen molar-refractivity contribution in [2.24, 2.45) is 0 Å². The molecule has 0 aliphatic heterocycles. The van der Waals surface area contributed by atoms with Gasteiger partial charge in [-0.1, -0.05) is 30.0 Å². The monoisotopic (exact) mass is 386 g/mol.